The number of fused-ring (bicyclic) bond motifs is 3. The van der Waals surface area contributed by atoms with Crippen LogP contribution < -0.4 is 0 Å². The third-order valence-corrected chi connectivity index (χ3v) is 9.67. The molecule has 0 saturated carbocycles. The summed E-state index contributed by atoms with van der Waals surface area (Å²) >= 11 is 0. The second-order valence-corrected chi connectivity index (χ2v) is 12.4. The van der Waals surface area contributed by atoms with Gasteiger partial charge in [-0.15, -0.1) is 0 Å². The molecule has 0 atom stereocenters. The van der Waals surface area contributed by atoms with Gasteiger partial charge < -0.3 is 0 Å². The van der Waals surface area contributed by atoms with Crippen molar-refractivity contribution in [1.29, 1.82) is 0 Å². The highest BCUT2D eigenvalue weighted by atomic mass is 14.2. The van der Waals surface area contributed by atoms with E-state index in [1.54, 1.807) is 0 Å². The van der Waals surface area contributed by atoms with E-state index in [9.17, 15) is 0 Å². The van der Waals surface area contributed by atoms with Crippen LogP contribution in [0.15, 0.2) is 194 Å². The third kappa shape index (κ3) is 4.78. The molecule has 0 heteroatoms. The van der Waals surface area contributed by atoms with Crippen molar-refractivity contribution in [3.05, 3.63) is 194 Å². The van der Waals surface area contributed by atoms with Crippen LogP contribution in [0.4, 0.5) is 0 Å². The molecular formula is C48H32. The Kier molecular flexibility index (Phi) is 6.91. The highest BCUT2D eigenvalue weighted by molar-refractivity contribution is 6.23. The standard InChI is InChI=1S/C48H32/c1-3-15-33(16-4-1)34-27-29-36(30-28-34)39-21-9-10-22-40(39)47-41-23-11-13-25-43(41)48(44-26-14-12-24-42(44)47)46-32-38-20-8-7-19-37(38)31-45(46)35-17-5-2-6-18-35/h1-32H. The Morgan fingerprint density at radius 2 is 0.562 bits per heavy atom. The summed E-state index contributed by atoms with van der Waals surface area (Å²) in [4.78, 5) is 0. The molecule has 0 amide bonds. The van der Waals surface area contributed by atoms with Crippen molar-refractivity contribution in [2.24, 2.45) is 0 Å². The van der Waals surface area contributed by atoms with Crippen molar-refractivity contribution in [3.63, 3.8) is 0 Å². The Bertz CT molecular complexity index is 2520. The van der Waals surface area contributed by atoms with E-state index in [0.717, 1.165) is 0 Å². The molecule has 0 nitrogen and oxygen atoms in total. The molecular weight excluding hydrogens is 577 g/mol. The zero-order chi connectivity index (χ0) is 31.9. The predicted octanol–water partition coefficient (Wildman–Crippen LogP) is 13.5. The van der Waals surface area contributed by atoms with Crippen molar-refractivity contribution < 1.29 is 0 Å². The van der Waals surface area contributed by atoms with E-state index in [2.05, 4.69) is 194 Å². The second kappa shape index (κ2) is 11.8. The topological polar surface area (TPSA) is 0 Å². The highest BCUT2D eigenvalue weighted by Gasteiger charge is 2.21. The van der Waals surface area contributed by atoms with Gasteiger partial charge in [-0.3, -0.25) is 0 Å². The molecule has 0 N–H and O–H groups in total. The fraction of sp³-hybridized carbons (Fsp3) is 0. The molecule has 0 fully saturated rings. The molecule has 9 aromatic carbocycles. The Morgan fingerprint density at radius 3 is 1.12 bits per heavy atom. The van der Waals surface area contributed by atoms with E-state index in [4.69, 9.17) is 0 Å². The number of rotatable bonds is 5. The summed E-state index contributed by atoms with van der Waals surface area (Å²) in [5.74, 6) is 0. The van der Waals surface area contributed by atoms with E-state index in [1.165, 1.54) is 88.0 Å². The Morgan fingerprint density at radius 1 is 0.208 bits per heavy atom. The van der Waals surface area contributed by atoms with Crippen molar-refractivity contribution in [1.82, 2.24) is 0 Å². The number of hydrogen-bond donors (Lipinski definition) is 0. The van der Waals surface area contributed by atoms with Gasteiger partial charge in [-0.05, 0) is 100 Å². The molecule has 0 saturated heterocycles. The van der Waals surface area contributed by atoms with Crippen LogP contribution in [0.2, 0.25) is 0 Å². The summed E-state index contributed by atoms with van der Waals surface area (Å²) in [5, 5.41) is 7.52. The fourth-order valence-corrected chi connectivity index (χ4v) is 7.44. The molecule has 0 aliphatic carbocycles. The van der Waals surface area contributed by atoms with Crippen molar-refractivity contribution in [2.45, 2.75) is 0 Å². The van der Waals surface area contributed by atoms with Crippen LogP contribution in [0.1, 0.15) is 0 Å². The van der Waals surface area contributed by atoms with E-state index in [1.807, 2.05) is 0 Å². The van der Waals surface area contributed by atoms with Crippen LogP contribution in [-0.4, -0.2) is 0 Å². The highest BCUT2D eigenvalue weighted by Crippen LogP contribution is 2.48. The van der Waals surface area contributed by atoms with Crippen LogP contribution >= 0.6 is 0 Å². The Balaban J connectivity index is 1.33. The molecule has 0 aliphatic rings. The van der Waals surface area contributed by atoms with Gasteiger partial charge in [0.05, 0.1) is 0 Å². The molecule has 0 unspecified atom stereocenters. The molecule has 0 spiro atoms. The fourth-order valence-electron chi connectivity index (χ4n) is 7.44. The van der Waals surface area contributed by atoms with Crippen molar-refractivity contribution >= 4 is 32.3 Å². The van der Waals surface area contributed by atoms with Crippen LogP contribution in [0, 0.1) is 0 Å². The summed E-state index contributed by atoms with van der Waals surface area (Å²) in [6, 6.07) is 70.7. The van der Waals surface area contributed by atoms with Gasteiger partial charge in [0.1, 0.15) is 0 Å². The minimum Gasteiger partial charge on any atom is -0.0622 e. The molecule has 0 aliphatic heterocycles. The third-order valence-electron chi connectivity index (χ3n) is 9.67. The van der Waals surface area contributed by atoms with Gasteiger partial charge in [0.2, 0.25) is 0 Å². The van der Waals surface area contributed by atoms with Gasteiger partial charge in [-0.25, -0.2) is 0 Å². The molecule has 0 aromatic heterocycles. The number of hydrogen-bond acceptors (Lipinski definition) is 0. The summed E-state index contributed by atoms with van der Waals surface area (Å²) in [6.45, 7) is 0. The normalized spacial score (nSPS) is 11.3. The first-order chi connectivity index (χ1) is 23.8. The lowest BCUT2D eigenvalue weighted by atomic mass is 9.81. The van der Waals surface area contributed by atoms with Crippen LogP contribution in [0.25, 0.3) is 88.0 Å². The van der Waals surface area contributed by atoms with Crippen LogP contribution in [-0.2, 0) is 0 Å². The van der Waals surface area contributed by atoms with Crippen molar-refractivity contribution in [2.75, 3.05) is 0 Å². The van der Waals surface area contributed by atoms with Gasteiger partial charge in [0.15, 0.2) is 0 Å². The van der Waals surface area contributed by atoms with Gasteiger partial charge in [-0.2, -0.15) is 0 Å². The number of benzene rings is 9. The van der Waals surface area contributed by atoms with Gasteiger partial charge in [-0.1, -0.05) is 182 Å². The van der Waals surface area contributed by atoms with Crippen LogP contribution in [0.5, 0.6) is 0 Å². The van der Waals surface area contributed by atoms with Gasteiger partial charge in [0.25, 0.3) is 0 Å². The SMILES string of the molecule is c1ccc(-c2ccc(-c3ccccc3-c3c4ccccc4c(-c4cc5ccccc5cc4-c4ccccc4)c4ccccc34)cc2)cc1. The Hall–Kier alpha value is -6.24. The summed E-state index contributed by atoms with van der Waals surface area (Å²) in [5.41, 5.74) is 12.4. The smallest absolute Gasteiger partial charge is 0.00199 e. The molecule has 0 heterocycles. The Labute approximate surface area is 281 Å². The zero-order valence-electron chi connectivity index (χ0n) is 26.5. The lowest BCUT2D eigenvalue weighted by Gasteiger charge is -2.21. The maximum absolute atomic E-state index is 2.40. The molecule has 9 rings (SSSR count). The largest absolute Gasteiger partial charge is 0.0622 e. The van der Waals surface area contributed by atoms with E-state index in [-0.39, 0.29) is 0 Å². The van der Waals surface area contributed by atoms with Crippen molar-refractivity contribution in [3.8, 4) is 55.6 Å². The predicted molar refractivity (Wildman–Crippen MR) is 206 cm³/mol. The summed E-state index contributed by atoms with van der Waals surface area (Å²) in [7, 11) is 0. The maximum atomic E-state index is 2.40. The first kappa shape index (κ1) is 28.0. The average molecular weight is 609 g/mol. The van der Waals surface area contributed by atoms with E-state index >= 15 is 0 Å². The molecule has 0 radical (unpaired) electrons. The first-order valence-electron chi connectivity index (χ1n) is 16.6. The van der Waals surface area contributed by atoms with E-state index in [0.29, 0.717) is 0 Å². The monoisotopic (exact) mass is 608 g/mol. The molecule has 9 aromatic rings. The second-order valence-electron chi connectivity index (χ2n) is 12.4. The molecule has 0 bridgehead atoms. The average Bonchev–Trinajstić information content (AvgIpc) is 3.17. The van der Waals surface area contributed by atoms with Crippen LogP contribution in [0.3, 0.4) is 0 Å². The minimum absolute atomic E-state index is 1.21. The minimum atomic E-state index is 1.21. The van der Waals surface area contributed by atoms with Gasteiger partial charge >= 0.3 is 0 Å². The lowest BCUT2D eigenvalue weighted by Crippen LogP contribution is -1.94. The van der Waals surface area contributed by atoms with E-state index < -0.39 is 0 Å². The quantitative estimate of drug-likeness (QED) is 0.171. The molecule has 224 valence electrons. The first-order valence-corrected chi connectivity index (χ1v) is 16.6. The molecule has 48 heavy (non-hydrogen) atoms. The lowest BCUT2D eigenvalue weighted by molar-refractivity contribution is 1.58. The summed E-state index contributed by atoms with van der Waals surface area (Å²) in [6.07, 6.45) is 0. The maximum Gasteiger partial charge on any atom is -0.00199 e. The zero-order valence-corrected chi connectivity index (χ0v) is 26.5. The van der Waals surface area contributed by atoms with Gasteiger partial charge in [0, 0.05) is 0 Å². The summed E-state index contributed by atoms with van der Waals surface area (Å²) < 4.78 is 0.